The van der Waals surface area contributed by atoms with Gasteiger partial charge in [0.25, 0.3) is 0 Å². The molecule has 1 aromatic heterocycles. The van der Waals surface area contributed by atoms with Gasteiger partial charge in [-0.15, -0.1) is 11.3 Å². The van der Waals surface area contributed by atoms with Crippen LogP contribution in [0.15, 0.2) is 47.8 Å². The first kappa shape index (κ1) is 16.7. The summed E-state index contributed by atoms with van der Waals surface area (Å²) in [6.07, 6.45) is 0.739. The van der Waals surface area contributed by atoms with Crippen molar-refractivity contribution in [3.8, 4) is 0 Å². The average molecular weight is 343 g/mol. The second-order valence-electron chi connectivity index (χ2n) is 5.90. The van der Waals surface area contributed by atoms with Crippen LogP contribution in [-0.2, 0) is 16.1 Å². The molecule has 1 aliphatic rings. The fourth-order valence-corrected chi connectivity index (χ4v) is 3.57. The highest BCUT2D eigenvalue weighted by Gasteiger charge is 2.35. The van der Waals surface area contributed by atoms with E-state index in [1.807, 2.05) is 59.8 Å². The number of para-hydroxylation sites is 1. The van der Waals surface area contributed by atoms with Crippen molar-refractivity contribution >= 4 is 28.8 Å². The smallest absolute Gasteiger partial charge is 0.244 e. The van der Waals surface area contributed by atoms with Gasteiger partial charge in [0.2, 0.25) is 11.8 Å². The predicted molar refractivity (Wildman–Crippen MR) is 96.0 cm³/mol. The van der Waals surface area contributed by atoms with Crippen LogP contribution in [0.5, 0.6) is 0 Å². The fourth-order valence-electron chi connectivity index (χ4n) is 2.93. The van der Waals surface area contributed by atoms with Crippen molar-refractivity contribution in [3.63, 3.8) is 0 Å². The Hall–Kier alpha value is -2.18. The molecule has 3 rings (SSSR count). The Balaban J connectivity index is 1.52. The quantitative estimate of drug-likeness (QED) is 0.874. The van der Waals surface area contributed by atoms with Crippen LogP contribution < -0.4 is 10.2 Å². The summed E-state index contributed by atoms with van der Waals surface area (Å²) in [7, 11) is 1.84. The first-order valence-electron chi connectivity index (χ1n) is 8.01. The van der Waals surface area contributed by atoms with E-state index in [1.165, 1.54) is 0 Å². The molecule has 1 atom stereocenters. The Morgan fingerprint density at radius 1 is 1.29 bits per heavy atom. The minimum absolute atomic E-state index is 0.0585. The van der Waals surface area contributed by atoms with E-state index in [1.54, 1.807) is 16.2 Å². The molecular formula is C18H21N3O2S. The van der Waals surface area contributed by atoms with E-state index in [-0.39, 0.29) is 24.4 Å². The van der Waals surface area contributed by atoms with Crippen LogP contribution in [-0.4, -0.2) is 42.9 Å². The van der Waals surface area contributed by atoms with Gasteiger partial charge in [-0.05, 0) is 37.0 Å². The van der Waals surface area contributed by atoms with Gasteiger partial charge in [0.1, 0.15) is 0 Å². The summed E-state index contributed by atoms with van der Waals surface area (Å²) in [5.41, 5.74) is 0.917. The van der Waals surface area contributed by atoms with Crippen molar-refractivity contribution in [3.05, 3.63) is 52.7 Å². The number of carbonyl (C=O) groups excluding carboxylic acids is 2. The lowest BCUT2D eigenvalue weighted by Gasteiger charge is -2.23. The topological polar surface area (TPSA) is 52.7 Å². The number of nitrogens with one attached hydrogen (secondary N) is 1. The van der Waals surface area contributed by atoms with Crippen LogP contribution in [0.4, 0.5) is 5.69 Å². The molecule has 6 heteroatoms. The maximum atomic E-state index is 12.6. The molecule has 24 heavy (non-hydrogen) atoms. The Morgan fingerprint density at radius 3 is 2.79 bits per heavy atom. The van der Waals surface area contributed by atoms with Gasteiger partial charge in [0.15, 0.2) is 0 Å². The molecule has 5 nitrogen and oxygen atoms in total. The molecule has 126 valence electrons. The Morgan fingerprint density at radius 2 is 2.08 bits per heavy atom. The molecule has 1 aliphatic heterocycles. The minimum atomic E-state index is -0.238. The summed E-state index contributed by atoms with van der Waals surface area (Å²) in [5, 5.41) is 4.89. The van der Waals surface area contributed by atoms with E-state index in [4.69, 9.17) is 0 Å². The normalized spacial score (nSPS) is 17.5. The van der Waals surface area contributed by atoms with Crippen LogP contribution in [0.1, 0.15) is 11.3 Å². The maximum absolute atomic E-state index is 12.6. The zero-order valence-electron chi connectivity index (χ0n) is 13.6. The molecule has 0 saturated carbocycles. The molecule has 1 unspecified atom stereocenters. The van der Waals surface area contributed by atoms with Crippen LogP contribution in [0.2, 0.25) is 0 Å². The Kier molecular flexibility index (Phi) is 5.27. The molecule has 0 aliphatic carbocycles. The molecule has 2 aromatic rings. The van der Waals surface area contributed by atoms with Crippen molar-refractivity contribution in [1.29, 1.82) is 0 Å². The van der Waals surface area contributed by atoms with Crippen LogP contribution >= 0.6 is 11.3 Å². The third kappa shape index (κ3) is 3.83. The summed E-state index contributed by atoms with van der Waals surface area (Å²) in [6.45, 7) is 1.46. The number of benzene rings is 1. The summed E-state index contributed by atoms with van der Waals surface area (Å²) >= 11 is 1.62. The molecular weight excluding hydrogens is 322 g/mol. The molecule has 1 aromatic carbocycles. The monoisotopic (exact) mass is 343 g/mol. The third-order valence-electron chi connectivity index (χ3n) is 4.21. The molecule has 0 spiro atoms. The third-order valence-corrected chi connectivity index (χ3v) is 5.09. The number of amides is 2. The van der Waals surface area contributed by atoms with E-state index >= 15 is 0 Å². The molecule has 0 radical (unpaired) electrons. The minimum Gasteiger partial charge on any atom is -0.350 e. The average Bonchev–Trinajstić information content (AvgIpc) is 3.23. The first-order valence-corrected chi connectivity index (χ1v) is 8.89. The second kappa shape index (κ2) is 7.59. The summed E-state index contributed by atoms with van der Waals surface area (Å²) in [6, 6.07) is 13.4. The summed E-state index contributed by atoms with van der Waals surface area (Å²) in [4.78, 5) is 29.5. The molecule has 0 bridgehead atoms. The van der Waals surface area contributed by atoms with Crippen molar-refractivity contribution in [2.45, 2.75) is 19.0 Å². The first-order chi connectivity index (χ1) is 11.6. The van der Waals surface area contributed by atoms with E-state index in [0.29, 0.717) is 13.1 Å². The number of hydrogen-bond donors (Lipinski definition) is 1. The number of likely N-dealkylation sites (N-methyl/N-ethyl adjacent to an activating group) is 1. The zero-order valence-corrected chi connectivity index (χ0v) is 14.5. The molecule has 1 saturated heterocycles. The molecule has 1 fully saturated rings. The van der Waals surface area contributed by atoms with Gasteiger partial charge in [-0.3, -0.25) is 14.5 Å². The Bertz CT molecular complexity index is 688. The number of anilines is 1. The van der Waals surface area contributed by atoms with Crippen molar-refractivity contribution in [2.24, 2.45) is 0 Å². The van der Waals surface area contributed by atoms with Crippen LogP contribution in [0.3, 0.4) is 0 Å². The van der Waals surface area contributed by atoms with Gasteiger partial charge in [0, 0.05) is 17.1 Å². The molecule has 2 heterocycles. The summed E-state index contributed by atoms with van der Waals surface area (Å²) < 4.78 is 0. The van der Waals surface area contributed by atoms with E-state index in [0.717, 1.165) is 17.0 Å². The highest BCUT2D eigenvalue weighted by Crippen LogP contribution is 2.23. The van der Waals surface area contributed by atoms with Gasteiger partial charge < -0.3 is 10.2 Å². The van der Waals surface area contributed by atoms with Crippen LogP contribution in [0.25, 0.3) is 0 Å². The van der Waals surface area contributed by atoms with E-state index in [2.05, 4.69) is 5.32 Å². The maximum Gasteiger partial charge on any atom is 0.244 e. The van der Waals surface area contributed by atoms with Gasteiger partial charge >= 0.3 is 0 Å². The van der Waals surface area contributed by atoms with Gasteiger partial charge in [-0.1, -0.05) is 24.3 Å². The standard InChI is InChI=1S/C18H21N3O2S/c1-20(13-17(22)19-12-15-8-5-11-24-15)16-9-10-21(18(16)23)14-6-3-2-4-7-14/h2-8,11,16H,9-10,12-13H2,1H3,(H,19,22). The second-order valence-corrected chi connectivity index (χ2v) is 6.93. The highest BCUT2D eigenvalue weighted by molar-refractivity contribution is 7.09. The summed E-state index contributed by atoms with van der Waals surface area (Å²) in [5.74, 6) is 0.00613. The lowest BCUT2D eigenvalue weighted by atomic mass is 10.2. The van der Waals surface area contributed by atoms with Crippen LogP contribution in [0, 0.1) is 0 Å². The largest absolute Gasteiger partial charge is 0.350 e. The number of carbonyl (C=O) groups is 2. The lowest BCUT2D eigenvalue weighted by Crippen LogP contribution is -2.44. The van der Waals surface area contributed by atoms with Crippen molar-refractivity contribution in [2.75, 3.05) is 25.0 Å². The predicted octanol–water partition coefficient (Wildman–Crippen LogP) is 2.10. The number of nitrogens with zero attached hydrogens (tertiary/aromatic N) is 2. The van der Waals surface area contributed by atoms with Crippen molar-refractivity contribution in [1.82, 2.24) is 10.2 Å². The van der Waals surface area contributed by atoms with Crippen molar-refractivity contribution < 1.29 is 9.59 Å². The number of rotatable bonds is 6. The number of thiophene rings is 1. The SMILES string of the molecule is CN(CC(=O)NCc1cccs1)C1CCN(c2ccccc2)C1=O. The van der Waals surface area contributed by atoms with Gasteiger partial charge in [-0.2, -0.15) is 0 Å². The zero-order chi connectivity index (χ0) is 16.9. The van der Waals surface area contributed by atoms with Gasteiger partial charge in [0.05, 0.1) is 19.1 Å². The van der Waals surface area contributed by atoms with E-state index < -0.39 is 0 Å². The number of hydrogen-bond acceptors (Lipinski definition) is 4. The highest BCUT2D eigenvalue weighted by atomic mass is 32.1. The molecule has 1 N–H and O–H groups in total. The fraction of sp³-hybridized carbons (Fsp3) is 0.333. The lowest BCUT2D eigenvalue weighted by molar-refractivity contribution is -0.125. The van der Waals surface area contributed by atoms with Gasteiger partial charge in [-0.25, -0.2) is 0 Å². The van der Waals surface area contributed by atoms with E-state index in [9.17, 15) is 9.59 Å². The molecule has 2 amide bonds. The Labute approximate surface area is 145 Å².